The molecular formula is C20H18N4O3S. The van der Waals surface area contributed by atoms with Gasteiger partial charge < -0.3 is 5.32 Å². The van der Waals surface area contributed by atoms with Gasteiger partial charge in [-0.15, -0.1) is 0 Å². The maximum Gasteiger partial charge on any atom is 0.332 e. The van der Waals surface area contributed by atoms with Crippen molar-refractivity contribution in [1.29, 1.82) is 0 Å². The largest absolute Gasteiger partial charge is 0.332 e. The molecule has 0 saturated carbocycles. The van der Waals surface area contributed by atoms with Gasteiger partial charge >= 0.3 is 6.03 Å². The molecule has 7 nitrogen and oxygen atoms in total. The number of urea groups is 1. The van der Waals surface area contributed by atoms with Gasteiger partial charge in [0.05, 0.1) is 10.2 Å². The lowest BCUT2D eigenvalue weighted by Gasteiger charge is -2.19. The Hall–Kier alpha value is -3.26. The summed E-state index contributed by atoms with van der Waals surface area (Å²) in [6.45, 7) is 3.26. The molecule has 1 atom stereocenters. The molecule has 1 aliphatic heterocycles. The van der Waals surface area contributed by atoms with Crippen LogP contribution in [0.3, 0.4) is 0 Å². The lowest BCUT2D eigenvalue weighted by molar-refractivity contribution is -0.130. The summed E-state index contributed by atoms with van der Waals surface area (Å²) < 4.78 is 0.949. The molecule has 4 rings (SSSR count). The van der Waals surface area contributed by atoms with Gasteiger partial charge in [-0.1, -0.05) is 41.2 Å². The summed E-state index contributed by atoms with van der Waals surface area (Å²) >= 11 is 1.34. The maximum atomic E-state index is 12.8. The van der Waals surface area contributed by atoms with Crippen molar-refractivity contribution in [3.05, 3.63) is 54.1 Å². The molecule has 0 aliphatic carbocycles. The van der Waals surface area contributed by atoms with Crippen molar-refractivity contribution in [1.82, 2.24) is 9.88 Å². The SMILES string of the molecule is Cc1ccc(N2C(=O)N(CC(=O)Nc3nc4ccccc4s3)C(=O)[C@H]2C)cc1. The third-order valence-electron chi connectivity index (χ3n) is 4.60. The van der Waals surface area contributed by atoms with Crippen molar-refractivity contribution in [2.75, 3.05) is 16.8 Å². The number of nitrogens with one attached hydrogen (secondary N) is 1. The predicted octanol–water partition coefficient (Wildman–Crippen LogP) is 3.40. The van der Waals surface area contributed by atoms with Gasteiger partial charge in [0, 0.05) is 5.69 Å². The predicted molar refractivity (Wildman–Crippen MR) is 108 cm³/mol. The fraction of sp³-hybridized carbons (Fsp3) is 0.200. The van der Waals surface area contributed by atoms with Crippen molar-refractivity contribution in [2.45, 2.75) is 19.9 Å². The number of imide groups is 1. The van der Waals surface area contributed by atoms with Gasteiger partial charge in [-0.3, -0.25) is 19.4 Å². The zero-order valence-corrected chi connectivity index (χ0v) is 16.2. The first-order valence-electron chi connectivity index (χ1n) is 8.80. The van der Waals surface area contributed by atoms with Gasteiger partial charge in [-0.05, 0) is 38.1 Å². The Morgan fingerprint density at radius 2 is 1.86 bits per heavy atom. The van der Waals surface area contributed by atoms with Crippen LogP contribution in [0.5, 0.6) is 0 Å². The average molecular weight is 394 g/mol. The van der Waals surface area contributed by atoms with Crippen molar-refractivity contribution in [2.24, 2.45) is 0 Å². The number of carbonyl (C=O) groups is 3. The van der Waals surface area contributed by atoms with Crippen LogP contribution < -0.4 is 10.2 Å². The number of carbonyl (C=O) groups excluding carboxylic acids is 3. The molecule has 28 heavy (non-hydrogen) atoms. The standard InChI is InChI=1S/C20H18N4O3S/c1-12-7-9-14(10-8-12)24-13(2)18(26)23(20(24)27)11-17(25)22-19-21-15-5-3-4-6-16(15)28-19/h3-10,13H,11H2,1-2H3,(H,21,22,25)/t13-/m1/s1. The first-order chi connectivity index (χ1) is 13.4. The molecular weight excluding hydrogens is 376 g/mol. The van der Waals surface area contributed by atoms with E-state index in [4.69, 9.17) is 0 Å². The number of fused-ring (bicyclic) bond motifs is 1. The van der Waals surface area contributed by atoms with Gasteiger partial charge in [0.2, 0.25) is 5.91 Å². The number of para-hydroxylation sites is 1. The Morgan fingerprint density at radius 1 is 1.14 bits per heavy atom. The number of hydrogen-bond acceptors (Lipinski definition) is 5. The van der Waals surface area contributed by atoms with E-state index in [1.165, 1.54) is 16.2 Å². The Balaban J connectivity index is 1.49. The summed E-state index contributed by atoms with van der Waals surface area (Å²) in [5.74, 6) is -0.858. The van der Waals surface area contributed by atoms with Gasteiger partial charge in [-0.2, -0.15) is 0 Å². The quantitative estimate of drug-likeness (QED) is 0.688. The van der Waals surface area contributed by atoms with Gasteiger partial charge in [-0.25, -0.2) is 9.78 Å². The van der Waals surface area contributed by atoms with Crippen molar-refractivity contribution in [3.8, 4) is 0 Å². The van der Waals surface area contributed by atoms with E-state index in [9.17, 15) is 14.4 Å². The number of aryl methyl sites for hydroxylation is 1. The molecule has 2 aromatic carbocycles. The number of benzene rings is 2. The molecule has 4 amide bonds. The second-order valence-corrected chi connectivity index (χ2v) is 7.65. The lowest BCUT2D eigenvalue weighted by atomic mass is 10.2. The molecule has 1 fully saturated rings. The van der Waals surface area contributed by atoms with Crippen LogP contribution in [0.1, 0.15) is 12.5 Å². The lowest BCUT2D eigenvalue weighted by Crippen LogP contribution is -2.39. The third kappa shape index (κ3) is 3.22. The molecule has 0 bridgehead atoms. The van der Waals surface area contributed by atoms with Gasteiger partial charge in [0.25, 0.3) is 5.91 Å². The molecule has 1 N–H and O–H groups in total. The number of anilines is 2. The van der Waals surface area contributed by atoms with Crippen LogP contribution in [0.2, 0.25) is 0 Å². The van der Waals surface area contributed by atoms with E-state index in [0.717, 1.165) is 20.7 Å². The molecule has 0 spiro atoms. The Morgan fingerprint density at radius 3 is 2.57 bits per heavy atom. The summed E-state index contributed by atoms with van der Waals surface area (Å²) in [5, 5.41) is 3.12. The average Bonchev–Trinajstić information content (AvgIpc) is 3.17. The molecule has 2 heterocycles. The zero-order chi connectivity index (χ0) is 19.8. The molecule has 0 unspecified atom stereocenters. The van der Waals surface area contributed by atoms with E-state index in [1.807, 2.05) is 43.3 Å². The van der Waals surface area contributed by atoms with Crippen molar-refractivity contribution < 1.29 is 14.4 Å². The van der Waals surface area contributed by atoms with E-state index < -0.39 is 23.9 Å². The minimum atomic E-state index is -0.662. The minimum Gasteiger partial charge on any atom is -0.300 e. The Labute approximate surface area is 165 Å². The van der Waals surface area contributed by atoms with E-state index >= 15 is 0 Å². The molecule has 1 aliphatic rings. The maximum absolute atomic E-state index is 12.8. The van der Waals surface area contributed by atoms with Crippen LogP contribution in [0.25, 0.3) is 10.2 Å². The minimum absolute atomic E-state index is 0.347. The topological polar surface area (TPSA) is 82.6 Å². The fourth-order valence-electron chi connectivity index (χ4n) is 3.14. The van der Waals surface area contributed by atoms with Crippen LogP contribution in [0, 0.1) is 6.92 Å². The summed E-state index contributed by atoms with van der Waals surface area (Å²) in [4.78, 5) is 44.5. The molecule has 3 aromatic rings. The Bertz CT molecular complexity index is 1040. The normalized spacial score (nSPS) is 16.9. The van der Waals surface area contributed by atoms with Crippen LogP contribution in [0.4, 0.5) is 15.6 Å². The zero-order valence-electron chi connectivity index (χ0n) is 15.4. The molecule has 1 aromatic heterocycles. The Kier molecular flexibility index (Phi) is 4.56. The summed E-state index contributed by atoms with van der Waals surface area (Å²) in [5.41, 5.74) is 2.47. The summed E-state index contributed by atoms with van der Waals surface area (Å²) in [7, 11) is 0. The molecule has 1 saturated heterocycles. The highest BCUT2D eigenvalue weighted by atomic mass is 32.1. The fourth-order valence-corrected chi connectivity index (χ4v) is 4.02. The van der Waals surface area contributed by atoms with Gasteiger partial charge in [0.15, 0.2) is 5.13 Å². The van der Waals surface area contributed by atoms with E-state index in [1.54, 1.807) is 19.1 Å². The second-order valence-electron chi connectivity index (χ2n) is 6.62. The number of rotatable bonds is 4. The first kappa shape index (κ1) is 18.1. The van der Waals surface area contributed by atoms with Crippen LogP contribution in [-0.2, 0) is 9.59 Å². The van der Waals surface area contributed by atoms with Crippen LogP contribution >= 0.6 is 11.3 Å². The summed E-state index contributed by atoms with van der Waals surface area (Å²) in [6, 6.07) is 13.7. The second kappa shape index (κ2) is 7.05. The molecule has 8 heteroatoms. The van der Waals surface area contributed by atoms with E-state index in [-0.39, 0.29) is 6.54 Å². The number of amides is 4. The van der Waals surface area contributed by atoms with E-state index in [2.05, 4.69) is 10.3 Å². The first-order valence-corrected chi connectivity index (χ1v) is 9.62. The third-order valence-corrected chi connectivity index (χ3v) is 5.55. The number of nitrogens with zero attached hydrogens (tertiary/aromatic N) is 3. The number of thiazole rings is 1. The van der Waals surface area contributed by atoms with Crippen LogP contribution in [-0.4, -0.2) is 40.3 Å². The van der Waals surface area contributed by atoms with Crippen molar-refractivity contribution in [3.63, 3.8) is 0 Å². The monoisotopic (exact) mass is 394 g/mol. The van der Waals surface area contributed by atoms with E-state index in [0.29, 0.717) is 10.8 Å². The number of aromatic nitrogens is 1. The number of hydrogen-bond donors (Lipinski definition) is 1. The highest BCUT2D eigenvalue weighted by Crippen LogP contribution is 2.27. The highest BCUT2D eigenvalue weighted by molar-refractivity contribution is 7.22. The smallest absolute Gasteiger partial charge is 0.300 e. The molecule has 0 radical (unpaired) electrons. The summed E-state index contributed by atoms with van der Waals surface area (Å²) in [6.07, 6.45) is 0. The highest BCUT2D eigenvalue weighted by Gasteiger charge is 2.44. The molecule has 142 valence electrons. The van der Waals surface area contributed by atoms with Crippen molar-refractivity contribution >= 4 is 50.2 Å². The van der Waals surface area contributed by atoms with Gasteiger partial charge in [0.1, 0.15) is 12.6 Å². The van der Waals surface area contributed by atoms with Crippen LogP contribution in [0.15, 0.2) is 48.5 Å².